The minimum atomic E-state index is 0.667. The first-order chi connectivity index (χ1) is 9.70. The van der Waals surface area contributed by atoms with Gasteiger partial charge >= 0.3 is 0 Å². The number of halogens is 1. The Hall–Kier alpha value is -1.39. The molecule has 0 saturated heterocycles. The van der Waals surface area contributed by atoms with E-state index >= 15 is 0 Å². The van der Waals surface area contributed by atoms with Gasteiger partial charge in [0.25, 0.3) is 0 Å². The third-order valence-corrected chi connectivity index (χ3v) is 3.69. The van der Waals surface area contributed by atoms with Crippen LogP contribution in [0.1, 0.15) is 24.0 Å². The van der Waals surface area contributed by atoms with Crippen LogP contribution in [0, 0.1) is 6.92 Å². The van der Waals surface area contributed by atoms with Crippen LogP contribution < -0.4 is 10.1 Å². The van der Waals surface area contributed by atoms with Crippen LogP contribution in [0.5, 0.6) is 11.6 Å². The first-order valence-electron chi connectivity index (χ1n) is 6.83. The maximum atomic E-state index is 5.93. The van der Waals surface area contributed by atoms with Gasteiger partial charge in [-0.1, -0.05) is 12.1 Å². The molecule has 104 valence electrons. The maximum absolute atomic E-state index is 5.93. The van der Waals surface area contributed by atoms with Gasteiger partial charge in [-0.2, -0.15) is 0 Å². The van der Waals surface area contributed by atoms with Crippen molar-refractivity contribution in [2.45, 2.75) is 32.4 Å². The molecule has 0 radical (unpaired) electrons. The van der Waals surface area contributed by atoms with E-state index in [0.717, 1.165) is 22.3 Å². The van der Waals surface area contributed by atoms with E-state index in [1.54, 1.807) is 6.20 Å². The minimum Gasteiger partial charge on any atom is -0.439 e. The highest BCUT2D eigenvalue weighted by molar-refractivity contribution is 9.10. The molecule has 0 spiro atoms. The van der Waals surface area contributed by atoms with Gasteiger partial charge in [0.15, 0.2) is 0 Å². The van der Waals surface area contributed by atoms with E-state index in [4.69, 9.17) is 4.74 Å². The minimum absolute atomic E-state index is 0.667. The molecule has 3 nitrogen and oxygen atoms in total. The predicted octanol–water partition coefficient (Wildman–Crippen LogP) is 4.20. The molecule has 3 rings (SSSR count). The number of benzene rings is 1. The summed E-state index contributed by atoms with van der Waals surface area (Å²) in [6.07, 6.45) is 4.32. The second kappa shape index (κ2) is 5.94. The molecule has 1 aromatic carbocycles. The van der Waals surface area contributed by atoms with Gasteiger partial charge in [-0.25, -0.2) is 4.98 Å². The van der Waals surface area contributed by atoms with Crippen molar-refractivity contribution in [3.63, 3.8) is 0 Å². The Morgan fingerprint density at radius 1 is 1.35 bits per heavy atom. The lowest BCUT2D eigenvalue weighted by molar-refractivity contribution is 0.452. The highest BCUT2D eigenvalue weighted by atomic mass is 79.9. The summed E-state index contributed by atoms with van der Waals surface area (Å²) in [6, 6.07) is 10.7. The third-order valence-electron chi connectivity index (χ3n) is 3.25. The molecule has 1 saturated carbocycles. The first kappa shape index (κ1) is 13.6. The molecule has 1 aliphatic carbocycles. The Bertz CT molecular complexity index is 611. The molecule has 2 aromatic rings. The smallest absolute Gasteiger partial charge is 0.223 e. The molecule has 4 heteroatoms. The van der Waals surface area contributed by atoms with E-state index in [1.165, 1.54) is 18.4 Å². The molecule has 1 heterocycles. The largest absolute Gasteiger partial charge is 0.439 e. The molecule has 1 aromatic heterocycles. The van der Waals surface area contributed by atoms with Gasteiger partial charge in [0, 0.05) is 28.8 Å². The number of rotatable bonds is 5. The summed E-state index contributed by atoms with van der Waals surface area (Å²) >= 11 is 3.47. The molecule has 1 aliphatic rings. The van der Waals surface area contributed by atoms with Gasteiger partial charge in [-0.3, -0.25) is 0 Å². The van der Waals surface area contributed by atoms with Gasteiger partial charge in [-0.05, 0) is 59.5 Å². The van der Waals surface area contributed by atoms with E-state index in [0.29, 0.717) is 11.9 Å². The summed E-state index contributed by atoms with van der Waals surface area (Å²) in [5.41, 5.74) is 2.25. The molecule has 1 fully saturated rings. The maximum Gasteiger partial charge on any atom is 0.223 e. The molecule has 1 N–H and O–H groups in total. The SMILES string of the molecule is Cc1cccc(Oc2ncc(Br)cc2CNC2CC2)c1. The Morgan fingerprint density at radius 3 is 2.95 bits per heavy atom. The molecule has 0 unspecified atom stereocenters. The van der Waals surface area contributed by atoms with Gasteiger partial charge in [0.2, 0.25) is 5.88 Å². The molecular formula is C16H17BrN2O. The van der Waals surface area contributed by atoms with E-state index in [2.05, 4.69) is 45.3 Å². The molecule has 0 atom stereocenters. The van der Waals surface area contributed by atoms with Crippen LogP contribution in [0.2, 0.25) is 0 Å². The number of hydrogen-bond acceptors (Lipinski definition) is 3. The van der Waals surface area contributed by atoms with Crippen LogP contribution in [-0.2, 0) is 6.54 Å². The van der Waals surface area contributed by atoms with Crippen LogP contribution >= 0.6 is 15.9 Å². The second-order valence-corrected chi connectivity index (χ2v) is 6.11. The van der Waals surface area contributed by atoms with Crippen molar-refractivity contribution in [1.82, 2.24) is 10.3 Å². The zero-order valence-corrected chi connectivity index (χ0v) is 13.0. The van der Waals surface area contributed by atoms with Gasteiger partial charge in [0.05, 0.1) is 0 Å². The Morgan fingerprint density at radius 2 is 2.20 bits per heavy atom. The summed E-state index contributed by atoms with van der Waals surface area (Å²) in [5, 5.41) is 3.50. The number of nitrogens with one attached hydrogen (secondary N) is 1. The van der Waals surface area contributed by atoms with Crippen molar-refractivity contribution in [3.8, 4) is 11.6 Å². The summed E-state index contributed by atoms with van der Waals surface area (Å²) in [6.45, 7) is 2.84. The highest BCUT2D eigenvalue weighted by Gasteiger charge is 2.21. The number of ether oxygens (including phenoxy) is 1. The van der Waals surface area contributed by atoms with Crippen molar-refractivity contribution in [2.24, 2.45) is 0 Å². The molecular weight excluding hydrogens is 316 g/mol. The monoisotopic (exact) mass is 332 g/mol. The van der Waals surface area contributed by atoms with Crippen molar-refractivity contribution in [2.75, 3.05) is 0 Å². The van der Waals surface area contributed by atoms with Crippen LogP contribution in [0.3, 0.4) is 0 Å². The lowest BCUT2D eigenvalue weighted by atomic mass is 10.2. The third kappa shape index (κ3) is 3.58. The van der Waals surface area contributed by atoms with Crippen molar-refractivity contribution < 1.29 is 4.74 Å². The van der Waals surface area contributed by atoms with Gasteiger partial charge < -0.3 is 10.1 Å². The molecule has 0 bridgehead atoms. The van der Waals surface area contributed by atoms with Crippen LogP contribution in [-0.4, -0.2) is 11.0 Å². The topological polar surface area (TPSA) is 34.1 Å². The fourth-order valence-electron chi connectivity index (χ4n) is 2.02. The molecule has 0 aliphatic heterocycles. The quantitative estimate of drug-likeness (QED) is 0.891. The Labute approximate surface area is 127 Å². The number of pyridine rings is 1. The van der Waals surface area contributed by atoms with Crippen molar-refractivity contribution >= 4 is 15.9 Å². The summed E-state index contributed by atoms with van der Waals surface area (Å²) in [4.78, 5) is 4.39. The van der Waals surface area contributed by atoms with Gasteiger partial charge in [-0.15, -0.1) is 0 Å². The number of aromatic nitrogens is 1. The molecule has 20 heavy (non-hydrogen) atoms. The van der Waals surface area contributed by atoms with Crippen LogP contribution in [0.15, 0.2) is 41.0 Å². The standard InChI is InChI=1S/C16H17BrN2O/c1-11-3-2-4-15(7-11)20-16-12(8-13(17)10-19-16)9-18-14-5-6-14/h2-4,7-8,10,14,18H,5-6,9H2,1H3. The first-order valence-corrected chi connectivity index (χ1v) is 7.62. The Kier molecular flexibility index (Phi) is 4.03. The summed E-state index contributed by atoms with van der Waals surface area (Å²) in [5.74, 6) is 1.50. The normalized spacial score (nSPS) is 14.3. The average Bonchev–Trinajstić information content (AvgIpc) is 3.23. The van der Waals surface area contributed by atoms with E-state index < -0.39 is 0 Å². The number of nitrogens with zero attached hydrogens (tertiary/aromatic N) is 1. The lowest BCUT2D eigenvalue weighted by Gasteiger charge is -2.11. The zero-order valence-electron chi connectivity index (χ0n) is 11.4. The summed E-state index contributed by atoms with van der Waals surface area (Å²) in [7, 11) is 0. The fourth-order valence-corrected chi connectivity index (χ4v) is 2.40. The average molecular weight is 333 g/mol. The Balaban J connectivity index is 1.79. The van der Waals surface area contributed by atoms with E-state index in [-0.39, 0.29) is 0 Å². The van der Waals surface area contributed by atoms with Gasteiger partial charge in [0.1, 0.15) is 5.75 Å². The van der Waals surface area contributed by atoms with Crippen LogP contribution in [0.25, 0.3) is 0 Å². The second-order valence-electron chi connectivity index (χ2n) is 5.19. The summed E-state index contributed by atoms with van der Waals surface area (Å²) < 4.78 is 6.90. The predicted molar refractivity (Wildman–Crippen MR) is 83.1 cm³/mol. The lowest BCUT2D eigenvalue weighted by Crippen LogP contribution is -2.16. The van der Waals surface area contributed by atoms with E-state index in [9.17, 15) is 0 Å². The highest BCUT2D eigenvalue weighted by Crippen LogP contribution is 2.27. The number of aryl methyl sites for hydroxylation is 1. The fraction of sp³-hybridized carbons (Fsp3) is 0.312. The van der Waals surface area contributed by atoms with E-state index in [1.807, 2.05) is 18.2 Å². The molecule has 0 amide bonds. The van der Waals surface area contributed by atoms with Crippen molar-refractivity contribution in [1.29, 1.82) is 0 Å². The number of hydrogen-bond donors (Lipinski definition) is 1. The zero-order chi connectivity index (χ0) is 13.9. The van der Waals surface area contributed by atoms with Crippen molar-refractivity contribution in [3.05, 3.63) is 52.1 Å². The van der Waals surface area contributed by atoms with Crippen LogP contribution in [0.4, 0.5) is 0 Å².